The van der Waals surface area contributed by atoms with E-state index in [1.807, 2.05) is 18.2 Å². The summed E-state index contributed by atoms with van der Waals surface area (Å²) in [5.41, 5.74) is 2.96. The molecule has 0 aromatic heterocycles. The Balaban J connectivity index is 1.97. The number of benzene rings is 2. The lowest BCUT2D eigenvalue weighted by molar-refractivity contribution is 0.0893. The van der Waals surface area contributed by atoms with Gasteiger partial charge in [0.25, 0.3) is 0 Å². The van der Waals surface area contributed by atoms with Crippen LogP contribution in [0.2, 0.25) is 0 Å². The van der Waals surface area contributed by atoms with Gasteiger partial charge >= 0.3 is 0 Å². The van der Waals surface area contributed by atoms with E-state index in [0.29, 0.717) is 5.56 Å². The van der Waals surface area contributed by atoms with Crippen molar-refractivity contribution in [3.8, 4) is 5.75 Å². The minimum atomic E-state index is -0.112. The molecule has 112 valence electrons. The molecule has 2 heteroatoms. The van der Waals surface area contributed by atoms with Gasteiger partial charge in [0.2, 0.25) is 0 Å². The van der Waals surface area contributed by atoms with Gasteiger partial charge in [0.05, 0.1) is 5.56 Å². The van der Waals surface area contributed by atoms with E-state index in [-0.39, 0.29) is 23.4 Å². The van der Waals surface area contributed by atoms with Crippen molar-refractivity contribution in [2.75, 3.05) is 0 Å². The van der Waals surface area contributed by atoms with Crippen LogP contribution in [0.25, 0.3) is 0 Å². The average molecular weight is 292 g/mol. The molecule has 2 aromatic rings. The highest BCUT2D eigenvalue weighted by atomic mass is 16.3. The lowest BCUT2D eigenvalue weighted by atomic mass is 9.73. The van der Waals surface area contributed by atoms with Crippen molar-refractivity contribution in [3.63, 3.8) is 0 Å². The lowest BCUT2D eigenvalue weighted by Gasteiger charge is -2.30. The number of carbonyl (C=O) groups is 1. The van der Waals surface area contributed by atoms with Crippen LogP contribution < -0.4 is 0 Å². The van der Waals surface area contributed by atoms with Crippen LogP contribution in [0.3, 0.4) is 0 Å². The van der Waals surface area contributed by atoms with Crippen LogP contribution in [0.15, 0.2) is 66.2 Å². The highest BCUT2D eigenvalue weighted by Crippen LogP contribution is 2.40. The topological polar surface area (TPSA) is 37.3 Å². The van der Waals surface area contributed by atoms with Crippen LogP contribution in [-0.2, 0) is 0 Å². The normalized spacial score (nSPS) is 21.2. The van der Waals surface area contributed by atoms with Gasteiger partial charge < -0.3 is 5.11 Å². The van der Waals surface area contributed by atoms with Gasteiger partial charge in [0, 0.05) is 5.92 Å². The monoisotopic (exact) mass is 292 g/mol. The van der Waals surface area contributed by atoms with Gasteiger partial charge in [0.15, 0.2) is 5.78 Å². The zero-order valence-electron chi connectivity index (χ0n) is 12.7. The minimum absolute atomic E-state index is 0.0377. The van der Waals surface area contributed by atoms with Crippen LogP contribution in [0.5, 0.6) is 5.75 Å². The maximum absolute atomic E-state index is 12.9. The number of rotatable bonds is 3. The first-order valence-electron chi connectivity index (χ1n) is 7.69. The number of para-hydroxylation sites is 1. The zero-order valence-corrected chi connectivity index (χ0v) is 12.7. The summed E-state index contributed by atoms with van der Waals surface area (Å²) < 4.78 is 0. The molecular formula is C20H20O2. The van der Waals surface area contributed by atoms with Crippen LogP contribution in [0.4, 0.5) is 0 Å². The summed E-state index contributed by atoms with van der Waals surface area (Å²) in [6, 6.07) is 17.0. The van der Waals surface area contributed by atoms with Crippen molar-refractivity contribution in [3.05, 3.63) is 77.4 Å². The van der Waals surface area contributed by atoms with E-state index in [1.165, 1.54) is 11.1 Å². The van der Waals surface area contributed by atoms with Gasteiger partial charge in [-0.3, -0.25) is 4.79 Å². The van der Waals surface area contributed by atoms with Crippen LogP contribution in [-0.4, -0.2) is 10.9 Å². The molecule has 2 atom stereocenters. The Bertz CT molecular complexity index is 701. The molecule has 0 spiro atoms. The molecular weight excluding hydrogens is 272 g/mol. The maximum atomic E-state index is 12.9. The molecule has 1 aliphatic rings. The summed E-state index contributed by atoms with van der Waals surface area (Å²) >= 11 is 0. The number of ketones is 1. The van der Waals surface area contributed by atoms with Crippen LogP contribution in [0, 0.1) is 5.92 Å². The smallest absolute Gasteiger partial charge is 0.170 e. The third kappa shape index (κ3) is 2.82. The van der Waals surface area contributed by atoms with Crippen LogP contribution >= 0.6 is 0 Å². The number of aromatic hydroxyl groups is 1. The second-order valence-electron chi connectivity index (χ2n) is 6.00. The zero-order chi connectivity index (χ0) is 15.5. The summed E-state index contributed by atoms with van der Waals surface area (Å²) in [4.78, 5) is 12.9. The SMILES string of the molecule is CC1=CC[C@@H](C(=O)c2ccccc2O)[C@H](c2ccccc2)C1. The third-order valence-electron chi connectivity index (χ3n) is 4.48. The second-order valence-corrected chi connectivity index (χ2v) is 6.00. The lowest BCUT2D eigenvalue weighted by Crippen LogP contribution is -2.25. The third-order valence-corrected chi connectivity index (χ3v) is 4.48. The van der Waals surface area contributed by atoms with Crippen molar-refractivity contribution in [2.45, 2.75) is 25.7 Å². The van der Waals surface area contributed by atoms with Gasteiger partial charge in [-0.2, -0.15) is 0 Å². The number of Topliss-reactive ketones (excluding diaryl/α,β-unsaturated/α-hetero) is 1. The summed E-state index contributed by atoms with van der Waals surface area (Å²) in [5, 5.41) is 9.98. The predicted octanol–water partition coefficient (Wildman–Crippen LogP) is 4.72. The van der Waals surface area contributed by atoms with E-state index in [2.05, 4.69) is 25.1 Å². The fourth-order valence-electron chi connectivity index (χ4n) is 3.29. The summed E-state index contributed by atoms with van der Waals surface area (Å²) in [6.07, 6.45) is 3.79. The molecule has 0 fully saturated rings. The van der Waals surface area contributed by atoms with Gasteiger partial charge in [-0.1, -0.05) is 54.1 Å². The number of phenols is 1. The van der Waals surface area contributed by atoms with Gasteiger partial charge in [-0.15, -0.1) is 0 Å². The Kier molecular flexibility index (Phi) is 4.10. The summed E-state index contributed by atoms with van der Waals surface area (Å²) in [5.74, 6) is 0.180. The standard InChI is InChI=1S/C20H20O2/c1-14-11-12-16(18(13-14)15-7-3-2-4-8-15)20(22)17-9-5-6-10-19(17)21/h2-11,16,18,21H,12-13H2,1H3/t16-,18+/m1/s1. The van der Waals surface area contributed by atoms with Crippen molar-refractivity contribution in [1.29, 1.82) is 0 Å². The van der Waals surface area contributed by atoms with E-state index < -0.39 is 0 Å². The average Bonchev–Trinajstić information content (AvgIpc) is 2.55. The predicted molar refractivity (Wildman–Crippen MR) is 88.1 cm³/mol. The fourth-order valence-corrected chi connectivity index (χ4v) is 3.29. The molecule has 0 unspecified atom stereocenters. The number of allylic oxidation sites excluding steroid dienone is 2. The molecule has 0 radical (unpaired) electrons. The van der Waals surface area contributed by atoms with Crippen molar-refractivity contribution in [2.24, 2.45) is 5.92 Å². The van der Waals surface area contributed by atoms with E-state index in [0.717, 1.165) is 12.8 Å². The quantitative estimate of drug-likeness (QED) is 0.657. The van der Waals surface area contributed by atoms with Gasteiger partial charge in [-0.05, 0) is 43.4 Å². The molecule has 2 nitrogen and oxygen atoms in total. The molecule has 0 aliphatic heterocycles. The van der Waals surface area contributed by atoms with Crippen LogP contribution in [0.1, 0.15) is 41.6 Å². The number of carbonyl (C=O) groups excluding carboxylic acids is 1. The van der Waals surface area contributed by atoms with Crippen molar-refractivity contribution in [1.82, 2.24) is 0 Å². The van der Waals surface area contributed by atoms with Crippen molar-refractivity contribution < 1.29 is 9.90 Å². The summed E-state index contributed by atoms with van der Waals surface area (Å²) in [6.45, 7) is 2.12. The first-order chi connectivity index (χ1) is 10.7. The molecule has 3 rings (SSSR count). The Morgan fingerprint density at radius 1 is 1.05 bits per heavy atom. The first-order valence-corrected chi connectivity index (χ1v) is 7.69. The molecule has 0 amide bonds. The highest BCUT2D eigenvalue weighted by molar-refractivity contribution is 6.01. The van der Waals surface area contributed by atoms with E-state index in [1.54, 1.807) is 24.3 Å². The molecule has 22 heavy (non-hydrogen) atoms. The number of hydrogen-bond acceptors (Lipinski definition) is 2. The second kappa shape index (κ2) is 6.18. The highest BCUT2D eigenvalue weighted by Gasteiger charge is 2.32. The number of hydrogen-bond donors (Lipinski definition) is 1. The largest absolute Gasteiger partial charge is 0.507 e. The molecule has 1 aliphatic carbocycles. The number of phenolic OH excluding ortho intramolecular Hbond substituents is 1. The van der Waals surface area contributed by atoms with Gasteiger partial charge in [0.1, 0.15) is 5.75 Å². The Hall–Kier alpha value is -2.35. The molecule has 0 heterocycles. The summed E-state index contributed by atoms with van der Waals surface area (Å²) in [7, 11) is 0. The molecule has 0 saturated carbocycles. The maximum Gasteiger partial charge on any atom is 0.170 e. The Morgan fingerprint density at radius 3 is 2.45 bits per heavy atom. The fraction of sp³-hybridized carbons (Fsp3) is 0.250. The van der Waals surface area contributed by atoms with E-state index in [4.69, 9.17) is 0 Å². The minimum Gasteiger partial charge on any atom is -0.507 e. The molecule has 2 aromatic carbocycles. The van der Waals surface area contributed by atoms with E-state index >= 15 is 0 Å². The molecule has 1 N–H and O–H groups in total. The Morgan fingerprint density at radius 2 is 1.73 bits per heavy atom. The van der Waals surface area contributed by atoms with Crippen molar-refractivity contribution >= 4 is 5.78 Å². The first kappa shape index (κ1) is 14.6. The van der Waals surface area contributed by atoms with Gasteiger partial charge in [-0.25, -0.2) is 0 Å². The van der Waals surface area contributed by atoms with E-state index in [9.17, 15) is 9.90 Å². The Labute approximate surface area is 131 Å². The molecule has 0 saturated heterocycles. The molecule has 0 bridgehead atoms.